The van der Waals surface area contributed by atoms with E-state index in [9.17, 15) is 22.5 Å². The lowest BCUT2D eigenvalue weighted by atomic mass is 9.94. The van der Waals surface area contributed by atoms with Crippen molar-refractivity contribution in [3.05, 3.63) is 95.7 Å². The van der Waals surface area contributed by atoms with E-state index in [1.165, 1.54) is 30.3 Å². The summed E-state index contributed by atoms with van der Waals surface area (Å²) in [7, 11) is -1.87. The number of aliphatic hydroxyl groups is 1. The van der Waals surface area contributed by atoms with Gasteiger partial charge in [0.25, 0.3) is 0 Å². The van der Waals surface area contributed by atoms with Crippen LogP contribution in [0.25, 0.3) is 0 Å². The lowest BCUT2D eigenvalue weighted by molar-refractivity contribution is -0.274. The van der Waals surface area contributed by atoms with Crippen LogP contribution >= 0.6 is 0 Å². The minimum Gasteiger partial charge on any atom is -0.406 e. The number of aryl methyl sites for hydroxylation is 2. The number of nitrogens with zero attached hydrogens (tertiary/aromatic N) is 2. The number of hydrogen-bond donors (Lipinski definition) is 2. The van der Waals surface area contributed by atoms with Crippen LogP contribution < -0.4 is 14.4 Å². The highest BCUT2D eigenvalue weighted by atomic mass is 32.2. The van der Waals surface area contributed by atoms with Crippen LogP contribution in [0, 0.1) is 0 Å². The number of aliphatic hydroxyl groups excluding tert-OH is 1. The minimum absolute atomic E-state index is 0.197. The molecule has 10 heteroatoms. The summed E-state index contributed by atoms with van der Waals surface area (Å²) in [5.41, 5.74) is 5.00. The largest absolute Gasteiger partial charge is 0.573 e. The van der Waals surface area contributed by atoms with Gasteiger partial charge in [0, 0.05) is 24.1 Å². The van der Waals surface area contributed by atoms with Gasteiger partial charge in [0.2, 0.25) is 0 Å². The van der Waals surface area contributed by atoms with Crippen molar-refractivity contribution in [3.63, 3.8) is 0 Å². The molecule has 0 amide bonds. The minimum atomic E-state index is -4.82. The average molecular weight is 544 g/mol. The average Bonchev–Trinajstić information content (AvgIpc) is 3.06. The second-order valence-electron chi connectivity index (χ2n) is 9.20. The zero-order valence-corrected chi connectivity index (χ0v) is 21.5. The van der Waals surface area contributed by atoms with Crippen molar-refractivity contribution < 1.29 is 27.2 Å². The number of alkyl halides is 3. The van der Waals surface area contributed by atoms with Gasteiger partial charge >= 0.3 is 6.36 Å². The van der Waals surface area contributed by atoms with Crippen molar-refractivity contribution in [1.29, 1.82) is 0 Å². The zero-order valence-electron chi connectivity index (χ0n) is 20.7. The quantitative estimate of drug-likeness (QED) is 0.421. The number of halogens is 3. The van der Waals surface area contributed by atoms with Crippen LogP contribution in [-0.2, 0) is 22.8 Å². The normalized spacial score (nSPS) is 20.9. The van der Waals surface area contributed by atoms with E-state index in [1.54, 1.807) is 0 Å². The Morgan fingerprint density at radius 1 is 0.974 bits per heavy atom. The molecule has 6 nitrogen and oxygen atoms in total. The van der Waals surface area contributed by atoms with Crippen LogP contribution in [0.3, 0.4) is 0 Å². The zero-order chi connectivity index (χ0) is 26.9. The highest BCUT2D eigenvalue weighted by Crippen LogP contribution is 2.41. The van der Waals surface area contributed by atoms with E-state index in [2.05, 4.69) is 30.9 Å². The molecule has 0 fully saturated rings. The van der Waals surface area contributed by atoms with E-state index in [-0.39, 0.29) is 4.90 Å². The van der Waals surface area contributed by atoms with Gasteiger partial charge in [-0.3, -0.25) is 0 Å². The van der Waals surface area contributed by atoms with E-state index in [0.717, 1.165) is 36.3 Å². The Labute approximate surface area is 220 Å². The SMILES string of the molecule is CN=S(=O)(N[C@H]1CCC=C(N2c3ccccc3CCc3ccccc32)[C@@H]1O)c1ccc(OC(F)(F)F)cc1. The molecule has 2 N–H and O–H groups in total. The lowest BCUT2D eigenvalue weighted by Gasteiger charge is -2.38. The second kappa shape index (κ2) is 10.4. The third-order valence-electron chi connectivity index (χ3n) is 6.85. The lowest BCUT2D eigenvalue weighted by Crippen LogP contribution is -2.48. The number of ether oxygens (including phenoxy) is 1. The number of rotatable bonds is 5. The first-order chi connectivity index (χ1) is 18.2. The van der Waals surface area contributed by atoms with Crippen molar-refractivity contribution >= 4 is 21.3 Å². The van der Waals surface area contributed by atoms with E-state index in [1.807, 2.05) is 42.5 Å². The smallest absolute Gasteiger partial charge is 0.406 e. The predicted molar refractivity (Wildman–Crippen MR) is 141 cm³/mol. The number of fused-ring (bicyclic) bond motifs is 2. The van der Waals surface area contributed by atoms with Gasteiger partial charge in [-0.2, -0.15) is 0 Å². The molecule has 0 bridgehead atoms. The molecule has 0 saturated carbocycles. The first-order valence-corrected chi connectivity index (χ1v) is 13.8. The molecule has 0 saturated heterocycles. The summed E-state index contributed by atoms with van der Waals surface area (Å²) in [5.74, 6) is -0.416. The summed E-state index contributed by atoms with van der Waals surface area (Å²) >= 11 is 0. The van der Waals surface area contributed by atoms with Crippen molar-refractivity contribution in [3.8, 4) is 5.75 Å². The topological polar surface area (TPSA) is 74.2 Å². The second-order valence-corrected chi connectivity index (χ2v) is 11.3. The van der Waals surface area contributed by atoms with E-state index in [0.29, 0.717) is 18.5 Å². The standard InChI is InChI=1S/C28H28F3N3O3S/c1-32-38(36,22-17-15-21(16-18-22)37-28(29,30)31)33-23-9-6-12-26(27(23)35)34-24-10-4-2-7-19(24)13-14-20-8-3-5-11-25(20)34/h2-5,7-8,10-12,15-18,23,27,35H,6,9,13-14H2,1H3,(H,32,33,36)/t23-,27+,38?/m0/s1. The van der Waals surface area contributed by atoms with Crippen molar-refractivity contribution in [2.45, 2.75) is 49.1 Å². The summed E-state index contributed by atoms with van der Waals surface area (Å²) < 4.78 is 62.5. The van der Waals surface area contributed by atoms with Gasteiger partial charge in [0.05, 0.1) is 10.9 Å². The summed E-state index contributed by atoms with van der Waals surface area (Å²) in [6, 6.07) is 20.4. The number of anilines is 2. The highest BCUT2D eigenvalue weighted by molar-refractivity contribution is 7.91. The summed E-state index contributed by atoms with van der Waals surface area (Å²) in [6.07, 6.45) is -0.965. The third kappa shape index (κ3) is 5.29. The molecule has 0 aromatic heterocycles. The van der Waals surface area contributed by atoms with E-state index in [4.69, 9.17) is 0 Å². The summed E-state index contributed by atoms with van der Waals surface area (Å²) in [5, 5.41) is 11.6. The Bertz CT molecular complexity index is 1420. The molecule has 1 aliphatic carbocycles. The molecule has 1 unspecified atom stereocenters. The molecule has 38 heavy (non-hydrogen) atoms. The highest BCUT2D eigenvalue weighted by Gasteiger charge is 2.35. The molecule has 3 aromatic rings. The van der Waals surface area contributed by atoms with Crippen molar-refractivity contribution in [1.82, 2.24) is 4.72 Å². The van der Waals surface area contributed by atoms with Crippen LogP contribution in [0.5, 0.6) is 5.75 Å². The van der Waals surface area contributed by atoms with Crippen LogP contribution in [0.4, 0.5) is 24.5 Å². The van der Waals surface area contributed by atoms with Gasteiger partial charge in [-0.15, -0.1) is 13.2 Å². The van der Waals surface area contributed by atoms with Crippen molar-refractivity contribution in [2.24, 2.45) is 4.36 Å². The Morgan fingerprint density at radius 2 is 1.55 bits per heavy atom. The van der Waals surface area contributed by atoms with Crippen LogP contribution in [0.15, 0.2) is 93.8 Å². The van der Waals surface area contributed by atoms with Gasteiger partial charge < -0.3 is 14.7 Å². The molecule has 0 spiro atoms. The predicted octanol–water partition coefficient (Wildman–Crippen LogP) is 5.89. The fourth-order valence-corrected chi connectivity index (χ4v) is 6.67. The van der Waals surface area contributed by atoms with E-state index >= 15 is 0 Å². The number of hydrogen-bond acceptors (Lipinski definition) is 5. The van der Waals surface area contributed by atoms with Crippen LogP contribution in [0.2, 0.25) is 0 Å². The fourth-order valence-electron chi connectivity index (χ4n) is 5.06. The molecule has 3 atom stereocenters. The fraction of sp³-hybridized carbons (Fsp3) is 0.286. The number of nitrogens with one attached hydrogen (secondary N) is 1. The Kier molecular flexibility index (Phi) is 7.21. The monoisotopic (exact) mass is 543 g/mol. The maximum atomic E-state index is 13.8. The Hall–Kier alpha value is -3.34. The van der Waals surface area contributed by atoms with Crippen LogP contribution in [-0.4, -0.2) is 34.9 Å². The molecule has 5 rings (SSSR count). The molecular formula is C28H28F3N3O3S. The van der Waals surface area contributed by atoms with Gasteiger partial charge in [0.1, 0.15) is 21.8 Å². The van der Waals surface area contributed by atoms with Gasteiger partial charge in [-0.05, 0) is 73.2 Å². The van der Waals surface area contributed by atoms with E-state index < -0.39 is 34.2 Å². The summed E-state index contributed by atoms with van der Waals surface area (Å²) in [4.78, 5) is 2.29. The third-order valence-corrected chi connectivity index (χ3v) is 8.89. The maximum Gasteiger partial charge on any atom is 0.573 e. The summed E-state index contributed by atoms with van der Waals surface area (Å²) in [6.45, 7) is 0. The molecule has 3 aromatic carbocycles. The van der Waals surface area contributed by atoms with Crippen LogP contribution in [0.1, 0.15) is 24.0 Å². The first kappa shape index (κ1) is 26.3. The molecular weight excluding hydrogens is 515 g/mol. The molecule has 1 aliphatic heterocycles. The number of allylic oxidation sites excluding steroid dienone is 1. The first-order valence-electron chi connectivity index (χ1n) is 12.3. The van der Waals surface area contributed by atoms with Crippen molar-refractivity contribution in [2.75, 3.05) is 11.9 Å². The number of para-hydroxylation sites is 2. The Balaban J connectivity index is 1.45. The molecule has 1 heterocycles. The maximum absolute atomic E-state index is 13.8. The molecule has 2 aliphatic rings. The molecule has 200 valence electrons. The Morgan fingerprint density at radius 3 is 2.11 bits per heavy atom. The van der Waals surface area contributed by atoms with Gasteiger partial charge in [-0.25, -0.2) is 13.3 Å². The number of benzene rings is 3. The molecule has 0 radical (unpaired) electrons. The van der Waals surface area contributed by atoms with Gasteiger partial charge in [-0.1, -0.05) is 42.5 Å². The van der Waals surface area contributed by atoms with Gasteiger partial charge in [0.15, 0.2) is 0 Å².